The molecule has 3 aromatic rings. The summed E-state index contributed by atoms with van der Waals surface area (Å²) in [7, 11) is 1.53. The summed E-state index contributed by atoms with van der Waals surface area (Å²) in [6, 6.07) is 13.6. The zero-order valence-electron chi connectivity index (χ0n) is 19.6. The van der Waals surface area contributed by atoms with Gasteiger partial charge in [-0.3, -0.25) is 25.8 Å². The van der Waals surface area contributed by atoms with E-state index < -0.39 is 36.4 Å². The third kappa shape index (κ3) is 6.12. The van der Waals surface area contributed by atoms with Crippen molar-refractivity contribution in [1.82, 2.24) is 25.7 Å². The monoisotopic (exact) mass is 530 g/mol. The fraction of sp³-hybridized carbons (Fsp3) is 0.304. The number of anilines is 1. The van der Waals surface area contributed by atoms with Gasteiger partial charge in [-0.1, -0.05) is 12.1 Å². The molecule has 0 saturated carbocycles. The Labute approximate surface area is 216 Å². The summed E-state index contributed by atoms with van der Waals surface area (Å²) in [5.74, 6) is -0.155. The number of aliphatic hydroxyl groups is 3. The van der Waals surface area contributed by atoms with Crippen LogP contribution < -0.4 is 26.2 Å². The number of hydrazine groups is 1. The van der Waals surface area contributed by atoms with Crippen LogP contribution in [0.25, 0.3) is 11.0 Å². The van der Waals surface area contributed by atoms with E-state index in [0.29, 0.717) is 22.3 Å². The molecule has 0 bridgehead atoms. The number of rotatable bonds is 6. The number of methoxy groups -OCH3 is 1. The highest BCUT2D eigenvalue weighted by atomic mass is 32.1. The maximum atomic E-state index is 12.8. The van der Waals surface area contributed by atoms with Crippen molar-refractivity contribution in [2.75, 3.05) is 19.0 Å². The number of ether oxygens (including phenoxy) is 2. The molecule has 0 unspecified atom stereocenters. The van der Waals surface area contributed by atoms with Gasteiger partial charge < -0.3 is 34.7 Å². The number of thiocarbonyl (C=S) groups is 1. The summed E-state index contributed by atoms with van der Waals surface area (Å²) in [5.41, 5.74) is 6.48. The van der Waals surface area contributed by atoms with Gasteiger partial charge in [-0.2, -0.15) is 0 Å². The van der Waals surface area contributed by atoms with Crippen molar-refractivity contribution in [2.24, 2.45) is 0 Å². The molecule has 4 atom stereocenters. The molecule has 13 nitrogen and oxygen atoms in total. The predicted molar refractivity (Wildman–Crippen MR) is 135 cm³/mol. The van der Waals surface area contributed by atoms with Crippen molar-refractivity contribution in [3.63, 3.8) is 0 Å². The Morgan fingerprint density at radius 2 is 1.84 bits per heavy atom. The smallest absolute Gasteiger partial charge is 0.258 e. The standard InChI is InChI=1S/C23H26N6O7S/c1-35-13-8-6-12(7-9-13)20(34)25-22-24-14-4-2-3-5-15(14)29(22)10-17(31)27-28-23(37)26-21-19(33)18(32)16(30)11-36-21/h2-9,16,18-19,21,30,32-33H,10-11H2,1H3,(H,27,31)(H,24,25,34)(H2,26,28,37)/t16-,18+,19-,21-/m1/s1. The van der Waals surface area contributed by atoms with Gasteiger partial charge in [0, 0.05) is 5.56 Å². The molecule has 7 N–H and O–H groups in total. The van der Waals surface area contributed by atoms with E-state index >= 15 is 0 Å². The van der Waals surface area contributed by atoms with Gasteiger partial charge in [-0.25, -0.2) is 4.98 Å². The van der Waals surface area contributed by atoms with Gasteiger partial charge in [0.15, 0.2) is 11.3 Å². The number of nitrogens with zero attached hydrogens (tertiary/aromatic N) is 2. The number of nitrogens with one attached hydrogen (secondary N) is 4. The predicted octanol–water partition coefficient (Wildman–Crippen LogP) is -0.768. The molecule has 0 radical (unpaired) electrons. The van der Waals surface area contributed by atoms with Crippen LogP contribution in [-0.2, 0) is 16.1 Å². The molecule has 4 rings (SSSR count). The van der Waals surface area contributed by atoms with Crippen molar-refractivity contribution in [1.29, 1.82) is 0 Å². The summed E-state index contributed by atoms with van der Waals surface area (Å²) >= 11 is 5.10. The Bertz CT molecular complexity index is 1280. The lowest BCUT2D eigenvalue weighted by Gasteiger charge is -2.35. The molecule has 1 fully saturated rings. The minimum Gasteiger partial charge on any atom is -0.497 e. The van der Waals surface area contributed by atoms with Crippen LogP contribution in [0.2, 0.25) is 0 Å². The molecule has 1 aromatic heterocycles. The van der Waals surface area contributed by atoms with Crippen LogP contribution in [-0.4, -0.2) is 80.1 Å². The first-order chi connectivity index (χ1) is 17.8. The number of para-hydroxylation sites is 2. The summed E-state index contributed by atoms with van der Waals surface area (Å²) in [5, 5.41) is 34.5. The number of aliphatic hydroxyl groups excluding tert-OH is 3. The molecule has 2 heterocycles. The van der Waals surface area contributed by atoms with Crippen molar-refractivity contribution >= 4 is 46.1 Å². The van der Waals surface area contributed by atoms with Gasteiger partial charge in [-0.15, -0.1) is 0 Å². The summed E-state index contributed by atoms with van der Waals surface area (Å²) in [4.78, 5) is 29.9. The van der Waals surface area contributed by atoms with Crippen LogP contribution in [0.1, 0.15) is 10.4 Å². The number of aromatic nitrogens is 2. The van der Waals surface area contributed by atoms with Crippen molar-refractivity contribution in [3.8, 4) is 5.75 Å². The quantitative estimate of drug-likeness (QED) is 0.157. The highest BCUT2D eigenvalue weighted by Crippen LogP contribution is 2.21. The van der Waals surface area contributed by atoms with Gasteiger partial charge in [0.25, 0.3) is 11.8 Å². The topological polar surface area (TPSA) is 179 Å². The van der Waals surface area contributed by atoms with E-state index in [-0.39, 0.29) is 24.2 Å². The third-order valence-corrected chi connectivity index (χ3v) is 5.84. The Hall–Kier alpha value is -3.82. The van der Waals surface area contributed by atoms with E-state index in [0.717, 1.165) is 0 Å². The van der Waals surface area contributed by atoms with Crippen molar-refractivity contribution < 1.29 is 34.4 Å². The van der Waals surface area contributed by atoms with Crippen LogP contribution in [0.15, 0.2) is 48.5 Å². The van der Waals surface area contributed by atoms with E-state index in [1.807, 2.05) is 0 Å². The normalized spacial score (nSPS) is 21.2. The van der Waals surface area contributed by atoms with Crippen LogP contribution >= 0.6 is 12.2 Å². The maximum Gasteiger partial charge on any atom is 0.258 e. The molecule has 1 saturated heterocycles. The highest BCUT2D eigenvalue weighted by molar-refractivity contribution is 7.80. The summed E-state index contributed by atoms with van der Waals surface area (Å²) in [6.45, 7) is -0.425. The number of amides is 2. The molecule has 1 aliphatic heterocycles. The van der Waals surface area contributed by atoms with E-state index in [1.165, 1.54) is 11.7 Å². The number of benzene rings is 2. The molecule has 2 amide bonds. The average molecular weight is 531 g/mol. The van der Waals surface area contributed by atoms with Crippen LogP contribution in [0.4, 0.5) is 5.95 Å². The van der Waals surface area contributed by atoms with Gasteiger partial charge in [0.2, 0.25) is 5.95 Å². The fourth-order valence-electron chi connectivity index (χ4n) is 3.66. The molecule has 2 aromatic carbocycles. The SMILES string of the molecule is COc1ccc(C(=O)Nc2nc3ccccc3n2CC(=O)NNC(=S)N[C@@H]2OC[C@@H](O)[C@H](O)[C@H]2O)cc1. The zero-order valence-corrected chi connectivity index (χ0v) is 20.4. The highest BCUT2D eigenvalue weighted by Gasteiger charge is 2.37. The molecule has 0 spiro atoms. The lowest BCUT2D eigenvalue weighted by molar-refractivity contribution is -0.190. The Balaban J connectivity index is 1.40. The van der Waals surface area contributed by atoms with E-state index in [1.54, 1.807) is 48.5 Å². The Morgan fingerprint density at radius 1 is 1.11 bits per heavy atom. The molecule has 0 aliphatic carbocycles. The molecular weight excluding hydrogens is 504 g/mol. The number of carbonyl (C=O) groups excluding carboxylic acids is 2. The summed E-state index contributed by atoms with van der Waals surface area (Å²) < 4.78 is 11.9. The Kier molecular flexibility index (Phi) is 8.15. The van der Waals surface area contributed by atoms with E-state index in [2.05, 4.69) is 26.5 Å². The van der Waals surface area contributed by atoms with Gasteiger partial charge in [0.05, 0.1) is 24.8 Å². The van der Waals surface area contributed by atoms with Gasteiger partial charge >= 0.3 is 0 Å². The molecule has 1 aliphatic rings. The van der Waals surface area contributed by atoms with Crippen LogP contribution in [0.3, 0.4) is 0 Å². The average Bonchev–Trinajstić information content (AvgIpc) is 3.24. The number of imidazole rings is 1. The van der Waals surface area contributed by atoms with Crippen molar-refractivity contribution in [2.45, 2.75) is 31.1 Å². The molecule has 14 heteroatoms. The zero-order chi connectivity index (χ0) is 26.5. The maximum absolute atomic E-state index is 12.8. The third-order valence-electron chi connectivity index (χ3n) is 5.62. The Morgan fingerprint density at radius 3 is 2.57 bits per heavy atom. The van der Waals surface area contributed by atoms with Crippen LogP contribution in [0, 0.1) is 0 Å². The fourth-order valence-corrected chi connectivity index (χ4v) is 3.82. The molecular formula is C23H26N6O7S. The van der Waals surface area contributed by atoms with E-state index in [4.69, 9.17) is 21.7 Å². The number of fused-ring (bicyclic) bond motifs is 1. The largest absolute Gasteiger partial charge is 0.497 e. The number of carbonyl (C=O) groups is 2. The number of hydrogen-bond acceptors (Lipinski definition) is 9. The first kappa shape index (κ1) is 26.2. The van der Waals surface area contributed by atoms with Crippen LogP contribution in [0.5, 0.6) is 5.75 Å². The lowest BCUT2D eigenvalue weighted by atomic mass is 10.0. The minimum absolute atomic E-state index is 0.0930. The molecule has 37 heavy (non-hydrogen) atoms. The van der Waals surface area contributed by atoms with Gasteiger partial charge in [-0.05, 0) is 48.6 Å². The first-order valence-electron chi connectivity index (χ1n) is 11.2. The van der Waals surface area contributed by atoms with E-state index in [9.17, 15) is 24.9 Å². The van der Waals surface area contributed by atoms with Gasteiger partial charge in [0.1, 0.15) is 30.6 Å². The number of hydrogen-bond donors (Lipinski definition) is 7. The second-order valence-corrected chi connectivity index (χ2v) is 8.55. The molecule has 196 valence electrons. The minimum atomic E-state index is -1.44. The van der Waals surface area contributed by atoms with Crippen molar-refractivity contribution in [3.05, 3.63) is 54.1 Å². The summed E-state index contributed by atoms with van der Waals surface area (Å²) in [6.07, 6.45) is -5.16. The second kappa shape index (κ2) is 11.5. The first-order valence-corrected chi connectivity index (χ1v) is 11.6. The lowest BCUT2D eigenvalue weighted by Crippen LogP contribution is -2.61. The second-order valence-electron chi connectivity index (χ2n) is 8.14.